The summed E-state index contributed by atoms with van der Waals surface area (Å²) in [6, 6.07) is 0. The second-order valence-corrected chi connectivity index (χ2v) is 8.75. The average molecular weight is 341 g/mol. The van der Waals surface area contributed by atoms with Crippen molar-refractivity contribution in [2.45, 2.75) is 96.6 Å². The SMILES string of the molecule is CC1(C)CC(C(CCCCC(=O)O)CCCC(=O)O)CC(C)(C)N1. The molecule has 1 unspecified atom stereocenters. The van der Waals surface area contributed by atoms with Crippen molar-refractivity contribution in [2.75, 3.05) is 0 Å². The molecule has 0 aromatic heterocycles. The molecule has 0 bridgehead atoms. The highest BCUT2D eigenvalue weighted by Crippen LogP contribution is 2.40. The summed E-state index contributed by atoms with van der Waals surface area (Å²) in [5.41, 5.74) is 0.164. The number of hydrogen-bond donors (Lipinski definition) is 3. The van der Waals surface area contributed by atoms with Crippen LogP contribution in [0.2, 0.25) is 0 Å². The molecule has 5 heteroatoms. The van der Waals surface area contributed by atoms with Crippen LogP contribution in [-0.2, 0) is 9.59 Å². The first-order valence-corrected chi connectivity index (χ1v) is 9.24. The van der Waals surface area contributed by atoms with E-state index in [4.69, 9.17) is 10.2 Å². The van der Waals surface area contributed by atoms with Crippen LogP contribution < -0.4 is 5.32 Å². The number of carboxylic acid groups (broad SMARTS) is 2. The Balaban J connectivity index is 2.67. The molecule has 0 aliphatic carbocycles. The molecule has 140 valence electrons. The summed E-state index contributed by atoms with van der Waals surface area (Å²) in [5.74, 6) is -0.416. The number of carboxylic acids is 2. The zero-order valence-corrected chi connectivity index (χ0v) is 15.7. The van der Waals surface area contributed by atoms with Gasteiger partial charge in [0.25, 0.3) is 0 Å². The third-order valence-electron chi connectivity index (χ3n) is 5.07. The van der Waals surface area contributed by atoms with Crippen LogP contribution >= 0.6 is 0 Å². The fourth-order valence-corrected chi connectivity index (χ4v) is 4.55. The van der Waals surface area contributed by atoms with Gasteiger partial charge in [0, 0.05) is 23.9 Å². The van der Waals surface area contributed by atoms with Crippen LogP contribution in [0.15, 0.2) is 0 Å². The molecule has 1 aliphatic rings. The zero-order valence-electron chi connectivity index (χ0n) is 15.7. The van der Waals surface area contributed by atoms with Crippen LogP contribution in [0.4, 0.5) is 0 Å². The van der Waals surface area contributed by atoms with Gasteiger partial charge >= 0.3 is 11.9 Å². The van der Waals surface area contributed by atoms with E-state index >= 15 is 0 Å². The van der Waals surface area contributed by atoms with Gasteiger partial charge in [-0.05, 0) is 71.6 Å². The predicted octanol–water partition coefficient (Wildman–Crippen LogP) is 4.06. The smallest absolute Gasteiger partial charge is 0.303 e. The molecule has 1 saturated heterocycles. The molecule has 0 saturated carbocycles. The second-order valence-electron chi connectivity index (χ2n) is 8.75. The molecule has 3 N–H and O–H groups in total. The molecular formula is C19H35NO4. The topological polar surface area (TPSA) is 86.6 Å². The first-order chi connectivity index (χ1) is 11.0. The number of piperidine rings is 1. The van der Waals surface area contributed by atoms with Crippen molar-refractivity contribution in [1.29, 1.82) is 0 Å². The van der Waals surface area contributed by atoms with Crippen LogP contribution in [0.3, 0.4) is 0 Å². The Labute approximate surface area is 146 Å². The number of nitrogens with one attached hydrogen (secondary N) is 1. The minimum atomic E-state index is -0.735. The number of unbranched alkanes of at least 4 members (excludes halogenated alkanes) is 1. The van der Waals surface area contributed by atoms with E-state index in [-0.39, 0.29) is 23.9 Å². The summed E-state index contributed by atoms with van der Waals surface area (Å²) in [4.78, 5) is 21.5. The number of aliphatic carboxylic acids is 2. The van der Waals surface area contributed by atoms with Gasteiger partial charge in [-0.1, -0.05) is 12.8 Å². The highest BCUT2D eigenvalue weighted by Gasteiger charge is 2.40. The molecule has 5 nitrogen and oxygen atoms in total. The highest BCUT2D eigenvalue weighted by atomic mass is 16.4. The largest absolute Gasteiger partial charge is 0.481 e. The molecular weight excluding hydrogens is 306 g/mol. The van der Waals surface area contributed by atoms with Crippen molar-refractivity contribution < 1.29 is 19.8 Å². The highest BCUT2D eigenvalue weighted by molar-refractivity contribution is 5.66. The van der Waals surface area contributed by atoms with Gasteiger partial charge in [-0.2, -0.15) is 0 Å². The Kier molecular flexibility index (Phi) is 7.71. The van der Waals surface area contributed by atoms with E-state index in [1.165, 1.54) is 0 Å². The van der Waals surface area contributed by atoms with Crippen LogP contribution in [-0.4, -0.2) is 33.2 Å². The Hall–Kier alpha value is -1.10. The van der Waals surface area contributed by atoms with Crippen molar-refractivity contribution >= 4 is 11.9 Å². The van der Waals surface area contributed by atoms with Gasteiger partial charge in [0.05, 0.1) is 0 Å². The maximum Gasteiger partial charge on any atom is 0.303 e. The number of rotatable bonds is 10. The maximum atomic E-state index is 10.8. The first-order valence-electron chi connectivity index (χ1n) is 9.24. The molecule has 0 aromatic rings. The minimum absolute atomic E-state index is 0.0819. The average Bonchev–Trinajstić information content (AvgIpc) is 2.37. The predicted molar refractivity (Wildman–Crippen MR) is 95.1 cm³/mol. The van der Waals surface area contributed by atoms with Gasteiger partial charge in [-0.15, -0.1) is 0 Å². The third-order valence-corrected chi connectivity index (χ3v) is 5.07. The lowest BCUT2D eigenvalue weighted by Crippen LogP contribution is -2.58. The molecule has 1 aliphatic heterocycles. The molecule has 0 radical (unpaired) electrons. The summed E-state index contributed by atoms with van der Waals surface area (Å²) >= 11 is 0. The molecule has 0 amide bonds. The molecule has 0 aromatic carbocycles. The van der Waals surface area contributed by atoms with E-state index in [0.717, 1.165) is 32.1 Å². The summed E-state index contributed by atoms with van der Waals surface area (Å²) in [6.07, 6.45) is 6.90. The minimum Gasteiger partial charge on any atom is -0.481 e. The summed E-state index contributed by atoms with van der Waals surface area (Å²) in [6.45, 7) is 8.94. The van der Waals surface area contributed by atoms with Gasteiger partial charge in [0.1, 0.15) is 0 Å². The van der Waals surface area contributed by atoms with Gasteiger partial charge in [0.15, 0.2) is 0 Å². The van der Waals surface area contributed by atoms with E-state index < -0.39 is 11.9 Å². The molecule has 1 heterocycles. The van der Waals surface area contributed by atoms with E-state index in [1.807, 2.05) is 0 Å². The summed E-state index contributed by atoms with van der Waals surface area (Å²) in [7, 11) is 0. The summed E-state index contributed by atoms with van der Waals surface area (Å²) < 4.78 is 0. The van der Waals surface area contributed by atoms with E-state index in [0.29, 0.717) is 24.7 Å². The maximum absolute atomic E-state index is 10.8. The molecule has 24 heavy (non-hydrogen) atoms. The molecule has 1 rings (SSSR count). The third kappa shape index (κ3) is 8.13. The van der Waals surface area contributed by atoms with Crippen LogP contribution in [0.5, 0.6) is 0 Å². The Morgan fingerprint density at radius 3 is 1.88 bits per heavy atom. The lowest BCUT2D eigenvalue weighted by molar-refractivity contribution is -0.138. The second kappa shape index (κ2) is 8.84. The Bertz CT molecular complexity index is 415. The van der Waals surface area contributed by atoms with Gasteiger partial charge in [-0.3, -0.25) is 9.59 Å². The monoisotopic (exact) mass is 341 g/mol. The first kappa shape index (κ1) is 20.9. The molecule has 0 spiro atoms. The lowest BCUT2D eigenvalue weighted by Gasteiger charge is -2.49. The van der Waals surface area contributed by atoms with Crippen molar-refractivity contribution in [3.8, 4) is 0 Å². The van der Waals surface area contributed by atoms with E-state index in [1.54, 1.807) is 0 Å². The van der Waals surface area contributed by atoms with Crippen molar-refractivity contribution in [2.24, 2.45) is 11.8 Å². The van der Waals surface area contributed by atoms with E-state index in [2.05, 4.69) is 33.0 Å². The van der Waals surface area contributed by atoms with Crippen molar-refractivity contribution in [3.63, 3.8) is 0 Å². The van der Waals surface area contributed by atoms with Crippen molar-refractivity contribution in [3.05, 3.63) is 0 Å². The summed E-state index contributed by atoms with van der Waals surface area (Å²) in [5, 5.41) is 21.4. The van der Waals surface area contributed by atoms with E-state index in [9.17, 15) is 9.59 Å². The quantitative estimate of drug-likeness (QED) is 0.522. The standard InChI is InChI=1S/C19H35NO4/c1-18(2)12-15(13-19(3,4)20-18)14(9-7-11-17(23)24)8-5-6-10-16(21)22/h14-15,20H,5-13H2,1-4H3,(H,21,22)(H,23,24). The van der Waals surface area contributed by atoms with Gasteiger partial charge < -0.3 is 15.5 Å². The number of carbonyl (C=O) groups is 2. The Morgan fingerprint density at radius 1 is 0.917 bits per heavy atom. The molecule has 1 fully saturated rings. The Morgan fingerprint density at radius 2 is 1.38 bits per heavy atom. The van der Waals surface area contributed by atoms with Crippen LogP contribution in [0.1, 0.15) is 85.5 Å². The fraction of sp³-hybridized carbons (Fsp3) is 0.895. The van der Waals surface area contributed by atoms with Gasteiger partial charge in [0.2, 0.25) is 0 Å². The van der Waals surface area contributed by atoms with Gasteiger partial charge in [-0.25, -0.2) is 0 Å². The fourth-order valence-electron chi connectivity index (χ4n) is 4.55. The lowest BCUT2D eigenvalue weighted by atomic mass is 9.68. The number of hydrogen-bond acceptors (Lipinski definition) is 3. The van der Waals surface area contributed by atoms with Crippen molar-refractivity contribution in [1.82, 2.24) is 5.32 Å². The zero-order chi connectivity index (χ0) is 18.4. The molecule has 1 atom stereocenters. The van der Waals surface area contributed by atoms with Crippen LogP contribution in [0, 0.1) is 11.8 Å². The van der Waals surface area contributed by atoms with Crippen LogP contribution in [0.25, 0.3) is 0 Å². The normalized spacial score (nSPS) is 21.3.